The average molecular weight is 278 g/mol. The van der Waals surface area contributed by atoms with Crippen molar-refractivity contribution in [2.24, 2.45) is 0 Å². The first-order valence-electron chi connectivity index (χ1n) is 4.75. The Labute approximate surface area is 98.5 Å². The maximum Gasteiger partial charge on any atom is 0.123 e. The molecule has 0 spiro atoms. The van der Waals surface area contributed by atoms with E-state index in [1.807, 2.05) is 18.2 Å². The zero-order chi connectivity index (χ0) is 10.4. The molecule has 0 saturated heterocycles. The molecule has 1 nitrogen and oxygen atoms in total. The van der Waals surface area contributed by atoms with Gasteiger partial charge in [-0.25, -0.2) is 0 Å². The number of rotatable bonds is 5. The molecule has 0 amide bonds. The molecule has 3 heteroatoms. The van der Waals surface area contributed by atoms with Crippen molar-refractivity contribution in [2.75, 3.05) is 6.61 Å². The Morgan fingerprint density at radius 1 is 1.43 bits per heavy atom. The highest BCUT2D eigenvalue weighted by Crippen LogP contribution is 2.25. The lowest BCUT2D eigenvalue weighted by Crippen LogP contribution is -1.98. The highest BCUT2D eigenvalue weighted by Gasteiger charge is 2.02. The molecule has 1 aromatic rings. The summed E-state index contributed by atoms with van der Waals surface area (Å²) >= 11 is 9.29. The summed E-state index contributed by atoms with van der Waals surface area (Å²) in [6.07, 6.45) is 2.24. The number of benzene rings is 1. The summed E-state index contributed by atoms with van der Waals surface area (Å²) in [7, 11) is 0. The van der Waals surface area contributed by atoms with Gasteiger partial charge in [0.15, 0.2) is 0 Å². The standard InChI is InChI=1S/C11H14BrClO/c1-2-3-6-14-11-5-4-10(13)7-9(11)8-12/h4-5,7H,2-3,6,8H2,1H3. The monoisotopic (exact) mass is 276 g/mol. The van der Waals surface area contributed by atoms with E-state index in [0.29, 0.717) is 0 Å². The summed E-state index contributed by atoms with van der Waals surface area (Å²) in [4.78, 5) is 0. The first kappa shape index (κ1) is 11.9. The van der Waals surface area contributed by atoms with E-state index in [4.69, 9.17) is 16.3 Å². The molecule has 0 atom stereocenters. The molecule has 1 rings (SSSR count). The fourth-order valence-corrected chi connectivity index (χ4v) is 1.75. The average Bonchev–Trinajstić information content (AvgIpc) is 2.20. The fourth-order valence-electron chi connectivity index (χ4n) is 1.12. The van der Waals surface area contributed by atoms with Crippen molar-refractivity contribution in [3.05, 3.63) is 28.8 Å². The van der Waals surface area contributed by atoms with Crippen LogP contribution in [0.15, 0.2) is 18.2 Å². The Bertz CT molecular complexity index is 289. The minimum absolute atomic E-state index is 0.752. The Morgan fingerprint density at radius 3 is 2.86 bits per heavy atom. The Hall–Kier alpha value is -0.210. The molecule has 0 aliphatic heterocycles. The van der Waals surface area contributed by atoms with Crippen molar-refractivity contribution in [3.63, 3.8) is 0 Å². The van der Waals surface area contributed by atoms with Crippen molar-refractivity contribution in [2.45, 2.75) is 25.1 Å². The van der Waals surface area contributed by atoms with Crippen LogP contribution >= 0.6 is 27.5 Å². The smallest absolute Gasteiger partial charge is 0.123 e. The number of hydrogen-bond donors (Lipinski definition) is 0. The zero-order valence-electron chi connectivity index (χ0n) is 8.22. The molecular weight excluding hydrogens is 263 g/mol. The fraction of sp³-hybridized carbons (Fsp3) is 0.455. The molecule has 0 heterocycles. The van der Waals surface area contributed by atoms with Crippen molar-refractivity contribution in [3.8, 4) is 5.75 Å². The summed E-state index contributed by atoms with van der Waals surface area (Å²) in [5.41, 5.74) is 1.11. The van der Waals surface area contributed by atoms with Crippen LogP contribution in [0.4, 0.5) is 0 Å². The van der Waals surface area contributed by atoms with E-state index in [2.05, 4.69) is 22.9 Å². The second-order valence-corrected chi connectivity index (χ2v) is 4.08. The van der Waals surface area contributed by atoms with Crippen LogP contribution in [0, 0.1) is 0 Å². The van der Waals surface area contributed by atoms with E-state index in [1.165, 1.54) is 0 Å². The molecule has 0 aliphatic carbocycles. The highest BCUT2D eigenvalue weighted by molar-refractivity contribution is 9.08. The summed E-state index contributed by atoms with van der Waals surface area (Å²) in [6.45, 7) is 2.93. The quantitative estimate of drug-likeness (QED) is 0.572. The molecule has 0 radical (unpaired) electrons. The van der Waals surface area contributed by atoms with Crippen LogP contribution in [0.2, 0.25) is 5.02 Å². The summed E-state index contributed by atoms with van der Waals surface area (Å²) < 4.78 is 5.63. The van der Waals surface area contributed by atoms with Crippen LogP contribution in [-0.4, -0.2) is 6.61 Å². The van der Waals surface area contributed by atoms with Crippen LogP contribution in [0.5, 0.6) is 5.75 Å². The zero-order valence-corrected chi connectivity index (χ0v) is 10.6. The van der Waals surface area contributed by atoms with E-state index in [-0.39, 0.29) is 0 Å². The van der Waals surface area contributed by atoms with E-state index in [9.17, 15) is 0 Å². The molecule has 0 saturated carbocycles. The summed E-state index contributed by atoms with van der Waals surface area (Å²) in [5.74, 6) is 0.930. The molecule has 0 N–H and O–H groups in total. The second kappa shape index (κ2) is 6.31. The van der Waals surface area contributed by atoms with Gasteiger partial charge in [-0.1, -0.05) is 40.9 Å². The van der Waals surface area contributed by atoms with Crippen molar-refractivity contribution in [1.29, 1.82) is 0 Å². The van der Waals surface area contributed by atoms with Crippen LogP contribution < -0.4 is 4.74 Å². The van der Waals surface area contributed by atoms with Gasteiger partial charge in [-0.2, -0.15) is 0 Å². The van der Waals surface area contributed by atoms with Gasteiger partial charge < -0.3 is 4.74 Å². The Morgan fingerprint density at radius 2 is 2.21 bits per heavy atom. The molecule has 0 aliphatic rings. The van der Waals surface area contributed by atoms with Gasteiger partial charge in [-0.05, 0) is 24.6 Å². The predicted molar refractivity (Wildman–Crippen MR) is 64.5 cm³/mol. The SMILES string of the molecule is CCCCOc1ccc(Cl)cc1CBr. The molecule has 0 bridgehead atoms. The highest BCUT2D eigenvalue weighted by atomic mass is 79.9. The molecule has 1 aromatic carbocycles. The molecule has 0 unspecified atom stereocenters. The first-order valence-corrected chi connectivity index (χ1v) is 6.25. The lowest BCUT2D eigenvalue weighted by Gasteiger charge is -2.09. The van der Waals surface area contributed by atoms with E-state index < -0.39 is 0 Å². The van der Waals surface area contributed by atoms with Gasteiger partial charge in [0.25, 0.3) is 0 Å². The molecule has 0 fully saturated rings. The second-order valence-electron chi connectivity index (χ2n) is 3.09. The van der Waals surface area contributed by atoms with Crippen molar-refractivity contribution < 1.29 is 4.74 Å². The summed E-state index contributed by atoms with van der Waals surface area (Å²) in [6, 6.07) is 5.71. The van der Waals surface area contributed by atoms with Gasteiger partial charge in [0, 0.05) is 15.9 Å². The van der Waals surface area contributed by atoms with Gasteiger partial charge in [-0.15, -0.1) is 0 Å². The maximum atomic E-state index is 5.88. The van der Waals surface area contributed by atoms with Gasteiger partial charge in [-0.3, -0.25) is 0 Å². The van der Waals surface area contributed by atoms with Crippen LogP contribution in [0.25, 0.3) is 0 Å². The molecule has 78 valence electrons. The van der Waals surface area contributed by atoms with Gasteiger partial charge in [0.1, 0.15) is 5.75 Å². The van der Waals surface area contributed by atoms with Crippen molar-refractivity contribution in [1.82, 2.24) is 0 Å². The van der Waals surface area contributed by atoms with Crippen LogP contribution in [-0.2, 0) is 5.33 Å². The number of halogens is 2. The van der Waals surface area contributed by atoms with E-state index in [1.54, 1.807) is 0 Å². The summed E-state index contributed by atoms with van der Waals surface area (Å²) in [5, 5.41) is 1.52. The van der Waals surface area contributed by atoms with E-state index >= 15 is 0 Å². The third-order valence-corrected chi connectivity index (χ3v) is 2.76. The van der Waals surface area contributed by atoms with Crippen LogP contribution in [0.3, 0.4) is 0 Å². The van der Waals surface area contributed by atoms with Gasteiger partial charge >= 0.3 is 0 Å². The largest absolute Gasteiger partial charge is 0.493 e. The first-order chi connectivity index (χ1) is 6.77. The minimum Gasteiger partial charge on any atom is -0.493 e. The molecular formula is C11H14BrClO. The van der Waals surface area contributed by atoms with Gasteiger partial charge in [0.05, 0.1) is 6.61 Å². The normalized spacial score (nSPS) is 10.2. The topological polar surface area (TPSA) is 9.23 Å². The number of unbranched alkanes of at least 4 members (excludes halogenated alkanes) is 1. The number of hydrogen-bond acceptors (Lipinski definition) is 1. The maximum absolute atomic E-state index is 5.88. The minimum atomic E-state index is 0.752. The Balaban J connectivity index is 2.65. The predicted octanol–water partition coefficient (Wildman–Crippen LogP) is 4.41. The van der Waals surface area contributed by atoms with Crippen molar-refractivity contribution >= 4 is 27.5 Å². The number of alkyl halides is 1. The third kappa shape index (κ3) is 3.50. The Kier molecular flexibility index (Phi) is 5.34. The number of ether oxygens (including phenoxy) is 1. The third-order valence-electron chi connectivity index (χ3n) is 1.92. The molecule has 0 aromatic heterocycles. The van der Waals surface area contributed by atoms with Crippen LogP contribution in [0.1, 0.15) is 25.3 Å². The van der Waals surface area contributed by atoms with Gasteiger partial charge in [0.2, 0.25) is 0 Å². The lowest BCUT2D eigenvalue weighted by atomic mass is 10.2. The van der Waals surface area contributed by atoms with E-state index in [0.717, 1.165) is 41.1 Å². The molecule has 14 heavy (non-hydrogen) atoms. The lowest BCUT2D eigenvalue weighted by molar-refractivity contribution is 0.307.